The molecule has 0 saturated carbocycles. The molecule has 0 fully saturated rings. The Morgan fingerprint density at radius 2 is 1.70 bits per heavy atom. The second kappa shape index (κ2) is 7.75. The summed E-state index contributed by atoms with van der Waals surface area (Å²) < 4.78 is 12.8. The van der Waals surface area contributed by atoms with Crippen molar-refractivity contribution in [1.29, 1.82) is 0 Å². The van der Waals surface area contributed by atoms with E-state index >= 15 is 0 Å². The van der Waals surface area contributed by atoms with Crippen LogP contribution in [0.25, 0.3) is 0 Å². The first-order chi connectivity index (χ1) is 3.42. The molecule has 0 spiro atoms. The molecule has 0 radical (unpaired) electrons. The van der Waals surface area contributed by atoms with Crippen LogP contribution in [0.2, 0.25) is 0 Å². The monoisotopic (exact) mass is 210 g/mol. The van der Waals surface area contributed by atoms with E-state index < -0.39 is 15.1 Å². The predicted molar refractivity (Wildman–Crippen MR) is 39.3 cm³/mol. The van der Waals surface area contributed by atoms with Crippen molar-refractivity contribution in [1.82, 2.24) is 0 Å². The molecule has 0 saturated heterocycles. The topological polar surface area (TPSA) is 107 Å². The van der Waals surface area contributed by atoms with Crippen molar-refractivity contribution in [2.75, 3.05) is 0 Å². The fourth-order valence-corrected chi connectivity index (χ4v) is 0.368. The van der Waals surface area contributed by atoms with Gasteiger partial charge in [-0.2, -0.15) is 0 Å². The van der Waals surface area contributed by atoms with Gasteiger partial charge in [0, 0.05) is 0 Å². The van der Waals surface area contributed by atoms with E-state index in [0.717, 1.165) is 0 Å². The third kappa shape index (κ3) is 16.6. The Hall–Kier alpha value is 2.12. The molecule has 0 aromatic carbocycles. The van der Waals surface area contributed by atoms with E-state index in [1.165, 1.54) is 0 Å². The maximum absolute atomic E-state index is 9.59. The van der Waals surface area contributed by atoms with Crippen LogP contribution >= 0.6 is 7.82 Å². The average molecular weight is 210 g/mol. The molecule has 0 aromatic heterocycles. The third-order valence-electron chi connectivity index (χ3n) is 0.232. The Kier molecular flexibility index (Phi) is 14.0. The summed E-state index contributed by atoms with van der Waals surface area (Å²) in [6, 6.07) is 0. The normalized spacial score (nSPS) is 9.20. The molecule has 0 aliphatic heterocycles. The van der Waals surface area contributed by atoms with Crippen LogP contribution in [0.5, 0.6) is 0 Å². The largest absolute Gasteiger partial charge is 2.00 e. The van der Waals surface area contributed by atoms with Crippen LogP contribution in [0.15, 0.2) is 0 Å². The molecule has 10 heavy (non-hydrogen) atoms. The van der Waals surface area contributed by atoms with E-state index in [4.69, 9.17) is 19.8 Å². The molecule has 0 atom stereocenters. The van der Waals surface area contributed by atoms with Crippen LogP contribution < -0.4 is 0 Å². The summed E-state index contributed by atoms with van der Waals surface area (Å²) in [4.78, 5) is 15.5. The van der Waals surface area contributed by atoms with Crippen LogP contribution in [0.3, 0.4) is 0 Å². The van der Waals surface area contributed by atoms with Gasteiger partial charge in [0.1, 0.15) is 0 Å². The van der Waals surface area contributed by atoms with Gasteiger partial charge in [-0.25, -0.2) is 4.57 Å². The minimum Gasteiger partial charge on any atom is -1.00 e. The van der Waals surface area contributed by atoms with Crippen LogP contribution in [0, 0.1) is 0 Å². The zero-order valence-electron chi connectivity index (χ0n) is 9.04. The zero-order chi connectivity index (χ0) is 6.78. The summed E-state index contributed by atoms with van der Waals surface area (Å²) in [5, 5.41) is 15.5. The Morgan fingerprint density at radius 3 is 1.70 bits per heavy atom. The molecule has 10 heteroatoms. The van der Waals surface area contributed by atoms with Gasteiger partial charge in [0.05, 0.1) is 0 Å². The van der Waals surface area contributed by atoms with Crippen molar-refractivity contribution < 1.29 is 34.5 Å². The number of rotatable bonds is 2. The summed E-state index contributed by atoms with van der Waals surface area (Å²) in [6.45, 7) is 0. The third-order valence-corrected chi connectivity index (χ3v) is 0.695. The number of phosphoric acid groups is 1. The van der Waals surface area contributed by atoms with Crippen molar-refractivity contribution in [3.8, 4) is 0 Å². The van der Waals surface area contributed by atoms with Crippen LogP contribution in [0.1, 0.15) is 5.71 Å². The Labute approximate surface area is 109 Å². The van der Waals surface area contributed by atoms with Crippen molar-refractivity contribution >= 4 is 75.9 Å². The van der Waals surface area contributed by atoms with Gasteiger partial charge in [0.2, 0.25) is 0 Å². The summed E-state index contributed by atoms with van der Waals surface area (Å²) in [6.07, 6.45) is 0. The first-order valence-electron chi connectivity index (χ1n) is 1.52. The standard InChI is InChI=1S/BH4O6P.Ca.Mg.4H/c2-1(3)7-8(4,5)6;;;;;;/h2-3H,(H2,4,5,6);;;;;;/q;2*+2;4*-1. The van der Waals surface area contributed by atoms with Crippen LogP contribution in [0.4, 0.5) is 0 Å². The minimum atomic E-state index is -4.72. The van der Waals surface area contributed by atoms with E-state index in [1.807, 2.05) is 0 Å². The Morgan fingerprint density at radius 1 is 1.40 bits per heavy atom. The van der Waals surface area contributed by atoms with Crippen LogP contribution in [-0.2, 0) is 9.01 Å². The number of hydrogen-bond donors (Lipinski definition) is 4. The molecule has 56 valence electrons. The maximum Gasteiger partial charge on any atom is 2.00 e. The minimum absolute atomic E-state index is 0. The first kappa shape index (κ1) is 18.0. The summed E-state index contributed by atoms with van der Waals surface area (Å²) >= 11 is 0. The molecule has 0 aliphatic rings. The summed E-state index contributed by atoms with van der Waals surface area (Å²) in [5.74, 6) is 0. The van der Waals surface area contributed by atoms with Gasteiger partial charge in [0.25, 0.3) is 0 Å². The SMILES string of the molecule is O=P(O)(O)OB(O)O.[Ca+2].[H-].[H-].[H-].[H-].[Mg+2]. The van der Waals surface area contributed by atoms with E-state index in [1.54, 1.807) is 0 Å². The summed E-state index contributed by atoms with van der Waals surface area (Å²) in [7, 11) is -7.14. The first-order valence-corrected chi connectivity index (χ1v) is 3.05. The molecule has 0 amide bonds. The molecule has 0 heterocycles. The Balaban J connectivity index is -0.0000000163. The fourth-order valence-electron chi connectivity index (χ4n) is 0.123. The van der Waals surface area contributed by atoms with Crippen LogP contribution in [-0.4, -0.2) is 87.9 Å². The zero-order valence-corrected chi connectivity index (χ0v) is 9.56. The van der Waals surface area contributed by atoms with Gasteiger partial charge in [-0.05, 0) is 0 Å². The molecule has 0 aromatic rings. The predicted octanol–water partition coefficient (Wildman–Crippen LogP) is -2.25. The molecule has 6 nitrogen and oxygen atoms in total. The molecular formula is H8BCaMgO6P. The van der Waals surface area contributed by atoms with Gasteiger partial charge in [0.15, 0.2) is 0 Å². The van der Waals surface area contributed by atoms with E-state index in [2.05, 4.69) is 4.44 Å². The van der Waals surface area contributed by atoms with Crippen molar-refractivity contribution in [2.24, 2.45) is 0 Å². The van der Waals surface area contributed by atoms with Crippen molar-refractivity contribution in [3.05, 3.63) is 0 Å². The van der Waals surface area contributed by atoms with E-state index in [0.29, 0.717) is 0 Å². The van der Waals surface area contributed by atoms with E-state index in [-0.39, 0.29) is 66.5 Å². The second-order valence-corrected chi connectivity index (χ2v) is 2.11. The molecule has 0 rings (SSSR count). The fraction of sp³-hybridized carbons (Fsp3) is 0. The van der Waals surface area contributed by atoms with Gasteiger partial charge in [-0.15, -0.1) is 0 Å². The Bertz CT molecular complexity index is 122. The molecule has 4 N–H and O–H groups in total. The second-order valence-electron chi connectivity index (χ2n) is 0.922. The molecule has 0 unspecified atom stereocenters. The van der Waals surface area contributed by atoms with E-state index in [9.17, 15) is 4.57 Å². The molecule has 0 aliphatic carbocycles. The smallest absolute Gasteiger partial charge is 1.00 e. The van der Waals surface area contributed by atoms with Crippen molar-refractivity contribution in [2.45, 2.75) is 0 Å². The average Bonchev–Trinajstić information content (AvgIpc) is 1.21. The molecule has 0 bridgehead atoms. The van der Waals surface area contributed by atoms with Gasteiger partial charge in [-0.3, -0.25) is 4.44 Å². The quantitative estimate of drug-likeness (QED) is 0.303. The summed E-state index contributed by atoms with van der Waals surface area (Å²) in [5.41, 5.74) is 0. The number of hydrogen-bond acceptors (Lipinski definition) is 4. The van der Waals surface area contributed by atoms with Gasteiger partial charge < -0.3 is 25.5 Å². The maximum atomic E-state index is 9.59. The van der Waals surface area contributed by atoms with Gasteiger partial charge >= 0.3 is 75.9 Å². The van der Waals surface area contributed by atoms with Crippen molar-refractivity contribution in [3.63, 3.8) is 0 Å². The molecular weight excluding hydrogens is 202 g/mol. The van der Waals surface area contributed by atoms with Gasteiger partial charge in [-0.1, -0.05) is 0 Å².